The molecule has 0 fully saturated rings. The Morgan fingerprint density at radius 3 is 2.80 bits per heavy atom. The first-order valence-electron chi connectivity index (χ1n) is 7.18. The first-order valence-corrected chi connectivity index (χ1v) is 7.18. The van der Waals surface area contributed by atoms with Gasteiger partial charge in [-0.2, -0.15) is 5.10 Å². The lowest BCUT2D eigenvalue weighted by molar-refractivity contribution is 0.485. The molecule has 0 aliphatic heterocycles. The van der Waals surface area contributed by atoms with Gasteiger partial charge in [-0.1, -0.05) is 13.8 Å². The second kappa shape index (κ2) is 6.67. The molecule has 0 saturated heterocycles. The Morgan fingerprint density at radius 2 is 2.20 bits per heavy atom. The van der Waals surface area contributed by atoms with E-state index in [0.29, 0.717) is 0 Å². The zero-order chi connectivity index (χ0) is 14.5. The van der Waals surface area contributed by atoms with Crippen molar-refractivity contribution in [1.29, 1.82) is 0 Å². The van der Waals surface area contributed by atoms with Gasteiger partial charge in [0.25, 0.3) is 0 Å². The zero-order valence-electron chi connectivity index (χ0n) is 12.5. The van der Waals surface area contributed by atoms with E-state index in [9.17, 15) is 0 Å². The Bertz CT molecular complexity index is 542. The maximum absolute atomic E-state index is 5.74. The molecular weight excluding hydrogens is 252 g/mol. The van der Waals surface area contributed by atoms with Gasteiger partial charge in [0.15, 0.2) is 0 Å². The summed E-state index contributed by atoms with van der Waals surface area (Å²) < 4.78 is 4.08. The van der Waals surface area contributed by atoms with Gasteiger partial charge in [-0.25, -0.2) is 4.98 Å². The highest BCUT2D eigenvalue weighted by atomic mass is 15.3. The van der Waals surface area contributed by atoms with Crippen LogP contribution in [0, 0.1) is 0 Å². The number of nitrogens with two attached hydrogens (primary N) is 1. The molecule has 0 aromatic carbocycles. The highest BCUT2D eigenvalue weighted by Gasteiger charge is 2.18. The lowest BCUT2D eigenvalue weighted by Gasteiger charge is -2.16. The number of hydrazine groups is 1. The Labute approximate surface area is 120 Å². The summed E-state index contributed by atoms with van der Waals surface area (Å²) in [5.74, 6) is 6.79. The highest BCUT2D eigenvalue weighted by molar-refractivity contribution is 5.16. The van der Waals surface area contributed by atoms with E-state index in [-0.39, 0.29) is 6.04 Å². The molecule has 0 bridgehead atoms. The molecule has 0 spiro atoms. The maximum atomic E-state index is 5.74. The standard InChI is InChI=1S/C14H24N6/c1-4-7-20-8-6-16-14(20)10-12(17-15)13-9-11(5-2)18-19(13)3/h6,8-9,12,17H,4-5,7,10,15H2,1-3H3. The van der Waals surface area contributed by atoms with Gasteiger partial charge in [-0.3, -0.25) is 16.0 Å². The van der Waals surface area contributed by atoms with E-state index in [1.165, 1.54) is 0 Å². The van der Waals surface area contributed by atoms with Crippen molar-refractivity contribution >= 4 is 0 Å². The molecule has 6 heteroatoms. The summed E-state index contributed by atoms with van der Waals surface area (Å²) in [5, 5.41) is 4.48. The summed E-state index contributed by atoms with van der Waals surface area (Å²) in [5.41, 5.74) is 5.07. The van der Waals surface area contributed by atoms with Crippen LogP contribution in [0.4, 0.5) is 0 Å². The molecule has 2 rings (SSSR count). The molecule has 0 aliphatic carbocycles. The van der Waals surface area contributed by atoms with Gasteiger partial charge in [0.1, 0.15) is 5.82 Å². The Morgan fingerprint density at radius 1 is 1.40 bits per heavy atom. The number of aromatic nitrogens is 4. The Balaban J connectivity index is 2.19. The van der Waals surface area contributed by atoms with Crippen LogP contribution in [0.5, 0.6) is 0 Å². The third kappa shape index (κ3) is 3.08. The van der Waals surface area contributed by atoms with Crippen LogP contribution in [0.25, 0.3) is 0 Å². The molecule has 2 aromatic rings. The Hall–Kier alpha value is -1.66. The topological polar surface area (TPSA) is 73.7 Å². The minimum atomic E-state index is 0.0193. The fourth-order valence-electron chi connectivity index (χ4n) is 2.45. The largest absolute Gasteiger partial charge is 0.335 e. The minimum absolute atomic E-state index is 0.0193. The average Bonchev–Trinajstić information content (AvgIpc) is 3.03. The van der Waals surface area contributed by atoms with Crippen molar-refractivity contribution in [2.24, 2.45) is 12.9 Å². The second-order valence-electron chi connectivity index (χ2n) is 5.00. The molecule has 0 aliphatic rings. The molecule has 110 valence electrons. The summed E-state index contributed by atoms with van der Waals surface area (Å²) in [6, 6.07) is 2.13. The highest BCUT2D eigenvalue weighted by Crippen LogP contribution is 2.18. The van der Waals surface area contributed by atoms with Gasteiger partial charge >= 0.3 is 0 Å². The number of rotatable bonds is 7. The normalized spacial score (nSPS) is 12.8. The van der Waals surface area contributed by atoms with E-state index < -0.39 is 0 Å². The predicted molar refractivity (Wildman–Crippen MR) is 78.9 cm³/mol. The van der Waals surface area contributed by atoms with E-state index in [1.807, 2.05) is 24.1 Å². The fourth-order valence-corrected chi connectivity index (χ4v) is 2.45. The third-order valence-corrected chi connectivity index (χ3v) is 3.54. The number of nitrogens with zero attached hydrogens (tertiary/aromatic N) is 4. The lowest BCUT2D eigenvalue weighted by Crippen LogP contribution is -2.31. The van der Waals surface area contributed by atoms with Crippen LogP contribution in [0.3, 0.4) is 0 Å². The number of aryl methyl sites for hydroxylation is 3. The SMILES string of the molecule is CCCn1ccnc1CC(NN)c1cc(CC)nn1C. The van der Waals surface area contributed by atoms with Crippen molar-refractivity contribution in [3.05, 3.63) is 35.7 Å². The fraction of sp³-hybridized carbons (Fsp3) is 0.571. The molecule has 2 heterocycles. The van der Waals surface area contributed by atoms with Gasteiger partial charge in [0.2, 0.25) is 0 Å². The van der Waals surface area contributed by atoms with E-state index in [2.05, 4.69) is 40.0 Å². The molecule has 6 nitrogen and oxygen atoms in total. The summed E-state index contributed by atoms with van der Waals surface area (Å²) >= 11 is 0. The minimum Gasteiger partial charge on any atom is -0.335 e. The van der Waals surface area contributed by atoms with Crippen LogP contribution >= 0.6 is 0 Å². The van der Waals surface area contributed by atoms with Crippen molar-refractivity contribution in [1.82, 2.24) is 24.8 Å². The van der Waals surface area contributed by atoms with Crippen molar-refractivity contribution in [3.8, 4) is 0 Å². The van der Waals surface area contributed by atoms with Gasteiger partial charge < -0.3 is 4.57 Å². The van der Waals surface area contributed by atoms with E-state index in [1.54, 1.807) is 0 Å². The molecular formula is C14H24N6. The maximum Gasteiger partial charge on any atom is 0.110 e. The van der Waals surface area contributed by atoms with E-state index in [0.717, 1.165) is 43.0 Å². The van der Waals surface area contributed by atoms with Gasteiger partial charge in [0.05, 0.1) is 17.4 Å². The first kappa shape index (κ1) is 14.7. The van der Waals surface area contributed by atoms with E-state index >= 15 is 0 Å². The summed E-state index contributed by atoms with van der Waals surface area (Å²) in [6.45, 7) is 5.25. The molecule has 0 saturated carbocycles. The summed E-state index contributed by atoms with van der Waals surface area (Å²) in [6.07, 6.45) is 6.64. The summed E-state index contributed by atoms with van der Waals surface area (Å²) in [7, 11) is 1.96. The molecule has 2 aromatic heterocycles. The second-order valence-corrected chi connectivity index (χ2v) is 5.00. The predicted octanol–water partition coefficient (Wildman–Crippen LogP) is 1.34. The van der Waals surface area contributed by atoms with Crippen molar-refractivity contribution in [2.75, 3.05) is 0 Å². The smallest absolute Gasteiger partial charge is 0.110 e. The molecule has 1 unspecified atom stereocenters. The molecule has 1 atom stereocenters. The van der Waals surface area contributed by atoms with Crippen LogP contribution < -0.4 is 11.3 Å². The van der Waals surface area contributed by atoms with Crippen molar-refractivity contribution in [2.45, 2.75) is 45.7 Å². The van der Waals surface area contributed by atoms with Crippen molar-refractivity contribution in [3.63, 3.8) is 0 Å². The first-order chi connectivity index (χ1) is 9.69. The quantitative estimate of drug-likeness (QED) is 0.591. The van der Waals surface area contributed by atoms with Gasteiger partial charge in [-0.15, -0.1) is 0 Å². The molecule has 20 heavy (non-hydrogen) atoms. The molecule has 0 radical (unpaired) electrons. The molecule has 0 amide bonds. The van der Waals surface area contributed by atoms with Gasteiger partial charge in [0, 0.05) is 32.4 Å². The van der Waals surface area contributed by atoms with Crippen molar-refractivity contribution < 1.29 is 0 Å². The number of imidazole rings is 1. The Kier molecular flexibility index (Phi) is 4.92. The van der Waals surface area contributed by atoms with Crippen LogP contribution in [-0.2, 0) is 26.4 Å². The molecule has 3 N–H and O–H groups in total. The van der Waals surface area contributed by atoms with Crippen LogP contribution in [0.2, 0.25) is 0 Å². The van der Waals surface area contributed by atoms with Gasteiger partial charge in [-0.05, 0) is 18.9 Å². The number of hydrogen-bond donors (Lipinski definition) is 2. The van der Waals surface area contributed by atoms with Crippen LogP contribution in [0.1, 0.15) is 43.5 Å². The van der Waals surface area contributed by atoms with Crippen LogP contribution in [0.15, 0.2) is 18.5 Å². The summed E-state index contributed by atoms with van der Waals surface area (Å²) in [4.78, 5) is 4.44. The average molecular weight is 276 g/mol. The lowest BCUT2D eigenvalue weighted by atomic mass is 10.1. The monoisotopic (exact) mass is 276 g/mol. The number of nitrogens with one attached hydrogen (secondary N) is 1. The van der Waals surface area contributed by atoms with Crippen LogP contribution in [-0.4, -0.2) is 19.3 Å². The number of hydrogen-bond acceptors (Lipinski definition) is 4. The van der Waals surface area contributed by atoms with E-state index in [4.69, 9.17) is 5.84 Å². The third-order valence-electron chi connectivity index (χ3n) is 3.54. The zero-order valence-corrected chi connectivity index (χ0v) is 12.5.